The Morgan fingerprint density at radius 1 is 1.08 bits per heavy atom. The van der Waals surface area contributed by atoms with Crippen molar-refractivity contribution in [2.45, 2.75) is 68.7 Å². The zero-order chi connectivity index (χ0) is 18.4. The molecule has 142 valence electrons. The Hall–Kier alpha value is -1.66. The highest BCUT2D eigenvalue weighted by atomic mass is 32.2. The second-order valence-electron chi connectivity index (χ2n) is 7.25. The Morgan fingerprint density at radius 3 is 2.50 bits per heavy atom. The van der Waals surface area contributed by atoms with Crippen LogP contribution in [0.5, 0.6) is 0 Å². The fourth-order valence-corrected chi connectivity index (χ4v) is 4.47. The summed E-state index contributed by atoms with van der Waals surface area (Å²) >= 11 is 0. The van der Waals surface area contributed by atoms with Gasteiger partial charge in [-0.3, -0.25) is 4.79 Å². The second-order valence-corrected chi connectivity index (χ2v) is 8.96. The molecule has 3 rings (SSSR count). The molecule has 26 heavy (non-hydrogen) atoms. The maximum atomic E-state index is 12.1. The minimum Gasteiger partial charge on any atom is -0.356 e. The van der Waals surface area contributed by atoms with Gasteiger partial charge in [-0.2, -0.15) is 0 Å². The van der Waals surface area contributed by atoms with Crippen molar-refractivity contribution in [3.8, 4) is 0 Å². The van der Waals surface area contributed by atoms with Crippen LogP contribution in [0.15, 0.2) is 40.8 Å². The first-order chi connectivity index (χ1) is 12.5. The van der Waals surface area contributed by atoms with Gasteiger partial charge in [0, 0.05) is 19.0 Å². The molecule has 2 N–H and O–H groups in total. The maximum Gasteiger partial charge on any atom is 0.240 e. The summed E-state index contributed by atoms with van der Waals surface area (Å²) in [7, 11) is -3.40. The highest BCUT2D eigenvalue weighted by molar-refractivity contribution is 7.89. The van der Waals surface area contributed by atoms with Gasteiger partial charge < -0.3 is 5.32 Å². The van der Waals surface area contributed by atoms with Gasteiger partial charge in [0.15, 0.2) is 0 Å². The molecule has 5 nitrogen and oxygen atoms in total. The van der Waals surface area contributed by atoms with Crippen molar-refractivity contribution >= 4 is 15.9 Å². The maximum absolute atomic E-state index is 12.1. The standard InChI is InChI=1S/C20H28N2O3S/c23-20(21-15-14-16-4-2-1-3-5-16)13-8-17-6-11-19(12-7-17)26(24,25)22-18-9-10-18/h4,6-7,11-12,18,22H,1-3,5,8-10,13-15H2,(H,21,23). The average Bonchev–Trinajstić information content (AvgIpc) is 3.44. The van der Waals surface area contributed by atoms with Gasteiger partial charge in [-0.05, 0) is 69.1 Å². The summed E-state index contributed by atoms with van der Waals surface area (Å²) in [6.45, 7) is 0.703. The zero-order valence-electron chi connectivity index (χ0n) is 15.2. The van der Waals surface area contributed by atoms with Gasteiger partial charge in [0.25, 0.3) is 0 Å². The number of carbonyl (C=O) groups is 1. The van der Waals surface area contributed by atoms with Gasteiger partial charge in [-0.15, -0.1) is 0 Å². The molecule has 1 saturated carbocycles. The summed E-state index contributed by atoms with van der Waals surface area (Å²) in [5.41, 5.74) is 2.44. The molecule has 0 aliphatic heterocycles. The number of carbonyl (C=O) groups excluding carboxylic acids is 1. The average molecular weight is 377 g/mol. The van der Waals surface area contributed by atoms with Gasteiger partial charge in [-0.1, -0.05) is 23.8 Å². The van der Waals surface area contributed by atoms with E-state index in [1.807, 2.05) is 0 Å². The lowest BCUT2D eigenvalue weighted by molar-refractivity contribution is -0.121. The molecule has 0 bridgehead atoms. The molecule has 0 heterocycles. The fourth-order valence-electron chi connectivity index (χ4n) is 3.16. The molecule has 2 aliphatic rings. The third kappa shape index (κ3) is 5.95. The molecule has 1 aromatic carbocycles. The first-order valence-electron chi connectivity index (χ1n) is 9.59. The minimum atomic E-state index is -3.40. The van der Waals surface area contributed by atoms with E-state index in [1.54, 1.807) is 24.3 Å². The van der Waals surface area contributed by atoms with E-state index < -0.39 is 10.0 Å². The number of hydrogen-bond donors (Lipinski definition) is 2. The molecular weight excluding hydrogens is 348 g/mol. The topological polar surface area (TPSA) is 75.3 Å². The van der Waals surface area contributed by atoms with Gasteiger partial charge in [0.1, 0.15) is 0 Å². The van der Waals surface area contributed by atoms with Crippen molar-refractivity contribution < 1.29 is 13.2 Å². The quantitative estimate of drug-likeness (QED) is 0.651. The van der Waals surface area contributed by atoms with E-state index in [1.165, 1.54) is 31.3 Å². The minimum absolute atomic E-state index is 0.0495. The number of aryl methyl sites for hydroxylation is 1. The Labute approximate surface area is 156 Å². The summed E-state index contributed by atoms with van der Waals surface area (Å²) in [5, 5.41) is 2.98. The predicted molar refractivity (Wildman–Crippen MR) is 102 cm³/mol. The highest BCUT2D eigenvalue weighted by Gasteiger charge is 2.27. The second kappa shape index (κ2) is 8.82. The number of hydrogen-bond acceptors (Lipinski definition) is 3. The van der Waals surface area contributed by atoms with Crippen LogP contribution in [0.3, 0.4) is 0 Å². The Bertz CT molecular complexity index is 750. The molecule has 0 spiro atoms. The fraction of sp³-hybridized carbons (Fsp3) is 0.550. The molecule has 0 unspecified atom stereocenters. The van der Waals surface area contributed by atoms with Crippen molar-refractivity contribution in [2.75, 3.05) is 6.54 Å². The molecule has 1 fully saturated rings. The number of allylic oxidation sites excluding steroid dienone is 1. The van der Waals surface area contributed by atoms with E-state index >= 15 is 0 Å². The molecule has 0 saturated heterocycles. The Kier molecular flexibility index (Phi) is 6.48. The number of rotatable bonds is 9. The van der Waals surface area contributed by atoms with E-state index in [0.29, 0.717) is 24.3 Å². The van der Waals surface area contributed by atoms with Crippen LogP contribution in [-0.2, 0) is 21.2 Å². The molecule has 6 heteroatoms. The Morgan fingerprint density at radius 2 is 1.85 bits per heavy atom. The van der Waals surface area contributed by atoms with Crippen molar-refractivity contribution in [1.82, 2.24) is 10.0 Å². The van der Waals surface area contributed by atoms with E-state index in [4.69, 9.17) is 0 Å². The van der Waals surface area contributed by atoms with Crippen LogP contribution in [0.2, 0.25) is 0 Å². The molecule has 0 radical (unpaired) electrons. The lowest BCUT2D eigenvalue weighted by Crippen LogP contribution is -2.26. The third-order valence-corrected chi connectivity index (χ3v) is 6.46. The van der Waals surface area contributed by atoms with Crippen molar-refractivity contribution in [2.24, 2.45) is 0 Å². The molecule has 1 amide bonds. The number of nitrogens with one attached hydrogen (secondary N) is 2. The Balaban J connectivity index is 1.39. The van der Waals surface area contributed by atoms with Gasteiger partial charge in [0.2, 0.25) is 15.9 Å². The van der Waals surface area contributed by atoms with Crippen LogP contribution in [0.4, 0.5) is 0 Å². The van der Waals surface area contributed by atoms with Crippen molar-refractivity contribution in [3.05, 3.63) is 41.5 Å². The van der Waals surface area contributed by atoms with Crippen molar-refractivity contribution in [3.63, 3.8) is 0 Å². The summed E-state index contributed by atoms with van der Waals surface area (Å²) in [6.07, 6.45) is 11.0. The zero-order valence-corrected chi connectivity index (χ0v) is 16.0. The summed E-state index contributed by atoms with van der Waals surface area (Å²) in [5.74, 6) is 0.0495. The lowest BCUT2D eigenvalue weighted by atomic mass is 9.97. The molecule has 1 aromatic rings. The number of sulfonamides is 1. The monoisotopic (exact) mass is 376 g/mol. The molecular formula is C20H28N2O3S. The van der Waals surface area contributed by atoms with Crippen LogP contribution >= 0.6 is 0 Å². The smallest absolute Gasteiger partial charge is 0.240 e. The first-order valence-corrected chi connectivity index (χ1v) is 11.1. The van der Waals surface area contributed by atoms with Crippen LogP contribution in [0, 0.1) is 0 Å². The molecule has 0 aromatic heterocycles. The number of benzene rings is 1. The molecule has 2 aliphatic carbocycles. The van der Waals surface area contributed by atoms with Gasteiger partial charge >= 0.3 is 0 Å². The normalized spacial score (nSPS) is 17.6. The number of amides is 1. The van der Waals surface area contributed by atoms with E-state index in [2.05, 4.69) is 16.1 Å². The van der Waals surface area contributed by atoms with Crippen LogP contribution in [0.25, 0.3) is 0 Å². The third-order valence-electron chi connectivity index (χ3n) is 4.93. The lowest BCUT2D eigenvalue weighted by Gasteiger charge is -2.13. The predicted octanol–water partition coefficient (Wildman–Crippen LogP) is 3.07. The largest absolute Gasteiger partial charge is 0.356 e. The summed E-state index contributed by atoms with van der Waals surface area (Å²) in [6, 6.07) is 6.93. The van der Waals surface area contributed by atoms with E-state index in [9.17, 15) is 13.2 Å². The SMILES string of the molecule is O=C(CCc1ccc(S(=O)(=O)NC2CC2)cc1)NCCC1=CCCCC1. The van der Waals surface area contributed by atoms with Crippen LogP contribution in [0.1, 0.15) is 56.9 Å². The van der Waals surface area contributed by atoms with Crippen molar-refractivity contribution in [1.29, 1.82) is 0 Å². The first kappa shape index (κ1) is 19.1. The summed E-state index contributed by atoms with van der Waals surface area (Å²) in [4.78, 5) is 12.3. The molecule has 0 atom stereocenters. The highest BCUT2D eigenvalue weighted by Crippen LogP contribution is 2.22. The van der Waals surface area contributed by atoms with Gasteiger partial charge in [-0.25, -0.2) is 13.1 Å². The summed E-state index contributed by atoms with van der Waals surface area (Å²) < 4.78 is 26.9. The van der Waals surface area contributed by atoms with E-state index in [-0.39, 0.29) is 11.9 Å². The van der Waals surface area contributed by atoms with Crippen LogP contribution in [-0.4, -0.2) is 26.9 Å². The van der Waals surface area contributed by atoms with Crippen LogP contribution < -0.4 is 10.0 Å². The van der Waals surface area contributed by atoms with Gasteiger partial charge in [0.05, 0.1) is 4.90 Å². The van der Waals surface area contributed by atoms with E-state index in [0.717, 1.165) is 24.8 Å².